The first-order valence-electron chi connectivity index (χ1n) is 10.2. The van der Waals surface area contributed by atoms with E-state index in [0.717, 1.165) is 53.7 Å². The molecular formula is C23H30N4O3. The lowest BCUT2D eigenvalue weighted by Gasteiger charge is -2.16. The zero-order chi connectivity index (χ0) is 21.3. The minimum Gasteiger partial charge on any atom is -0.497 e. The molecule has 2 N–H and O–H groups in total. The summed E-state index contributed by atoms with van der Waals surface area (Å²) in [5, 5.41) is 6.65. The van der Waals surface area contributed by atoms with Crippen molar-refractivity contribution in [1.29, 1.82) is 0 Å². The van der Waals surface area contributed by atoms with Gasteiger partial charge in [-0.15, -0.1) is 0 Å². The maximum absolute atomic E-state index is 11.9. The number of carbonyl (C=O) groups is 1. The molecule has 0 saturated carbocycles. The molecule has 2 aromatic rings. The quantitative estimate of drug-likeness (QED) is 0.517. The molecule has 1 aliphatic rings. The van der Waals surface area contributed by atoms with E-state index in [1.165, 1.54) is 0 Å². The SMILES string of the molecule is CN=C(NCCc1cc(OC)ccc1OC)NCc1ccc(N2CCCC2=O)cc1. The molecule has 2 aromatic carbocycles. The van der Waals surface area contributed by atoms with Gasteiger partial charge in [-0.25, -0.2) is 0 Å². The second-order valence-electron chi connectivity index (χ2n) is 7.10. The van der Waals surface area contributed by atoms with E-state index in [-0.39, 0.29) is 5.91 Å². The second kappa shape index (κ2) is 10.5. The highest BCUT2D eigenvalue weighted by molar-refractivity contribution is 5.95. The van der Waals surface area contributed by atoms with Crippen LogP contribution < -0.4 is 25.0 Å². The fraction of sp³-hybridized carbons (Fsp3) is 0.391. The van der Waals surface area contributed by atoms with Gasteiger partial charge in [0.2, 0.25) is 5.91 Å². The number of anilines is 1. The van der Waals surface area contributed by atoms with Gasteiger partial charge in [-0.05, 0) is 54.3 Å². The molecule has 0 unspecified atom stereocenters. The molecule has 7 nitrogen and oxygen atoms in total. The van der Waals surface area contributed by atoms with Crippen molar-refractivity contribution < 1.29 is 14.3 Å². The van der Waals surface area contributed by atoms with Crippen molar-refractivity contribution in [3.05, 3.63) is 53.6 Å². The van der Waals surface area contributed by atoms with E-state index in [2.05, 4.69) is 15.6 Å². The maximum Gasteiger partial charge on any atom is 0.227 e. The number of nitrogens with zero attached hydrogens (tertiary/aromatic N) is 2. The summed E-state index contributed by atoms with van der Waals surface area (Å²) in [5.41, 5.74) is 3.17. The minimum atomic E-state index is 0.207. The third-order valence-electron chi connectivity index (χ3n) is 5.18. The Bertz CT molecular complexity index is 881. The molecule has 0 spiro atoms. The van der Waals surface area contributed by atoms with Crippen molar-refractivity contribution in [2.45, 2.75) is 25.8 Å². The summed E-state index contributed by atoms with van der Waals surface area (Å²) in [4.78, 5) is 18.0. The molecule has 1 heterocycles. The van der Waals surface area contributed by atoms with Crippen LogP contribution >= 0.6 is 0 Å². The minimum absolute atomic E-state index is 0.207. The van der Waals surface area contributed by atoms with Crippen molar-refractivity contribution in [2.75, 3.05) is 39.3 Å². The molecule has 1 saturated heterocycles. The Morgan fingerprint density at radius 3 is 2.53 bits per heavy atom. The van der Waals surface area contributed by atoms with Crippen molar-refractivity contribution >= 4 is 17.6 Å². The van der Waals surface area contributed by atoms with Crippen molar-refractivity contribution in [2.24, 2.45) is 4.99 Å². The number of hydrogen-bond acceptors (Lipinski definition) is 4. The summed E-state index contributed by atoms with van der Waals surface area (Å²) in [6.45, 7) is 2.17. The molecule has 1 aliphatic heterocycles. The molecule has 3 rings (SSSR count). The number of rotatable bonds is 8. The fourth-order valence-corrected chi connectivity index (χ4v) is 3.51. The largest absolute Gasteiger partial charge is 0.497 e. The van der Waals surface area contributed by atoms with Crippen LogP contribution in [0.15, 0.2) is 47.5 Å². The monoisotopic (exact) mass is 410 g/mol. The summed E-state index contributed by atoms with van der Waals surface area (Å²) in [6.07, 6.45) is 2.36. The number of methoxy groups -OCH3 is 2. The summed E-state index contributed by atoms with van der Waals surface area (Å²) in [5.74, 6) is 2.60. The van der Waals surface area contributed by atoms with Crippen LogP contribution in [0.3, 0.4) is 0 Å². The molecular weight excluding hydrogens is 380 g/mol. The first-order valence-corrected chi connectivity index (χ1v) is 10.2. The number of amides is 1. The van der Waals surface area contributed by atoms with Crippen LogP contribution in [0.1, 0.15) is 24.0 Å². The molecule has 1 fully saturated rings. The van der Waals surface area contributed by atoms with Gasteiger partial charge in [0.25, 0.3) is 0 Å². The highest BCUT2D eigenvalue weighted by Gasteiger charge is 2.21. The Morgan fingerprint density at radius 1 is 1.10 bits per heavy atom. The van der Waals surface area contributed by atoms with Gasteiger partial charge in [0.05, 0.1) is 14.2 Å². The molecule has 0 atom stereocenters. The molecule has 160 valence electrons. The smallest absolute Gasteiger partial charge is 0.227 e. The zero-order valence-corrected chi connectivity index (χ0v) is 17.9. The molecule has 0 aliphatic carbocycles. The van der Waals surface area contributed by atoms with E-state index < -0.39 is 0 Å². The molecule has 0 bridgehead atoms. The number of aliphatic imine (C=N–C) groups is 1. The maximum atomic E-state index is 11.9. The Morgan fingerprint density at radius 2 is 1.90 bits per heavy atom. The first kappa shape index (κ1) is 21.5. The van der Waals surface area contributed by atoms with Crippen LogP contribution in [-0.2, 0) is 17.8 Å². The van der Waals surface area contributed by atoms with Gasteiger partial charge >= 0.3 is 0 Å². The van der Waals surface area contributed by atoms with Crippen LogP contribution in [0.4, 0.5) is 5.69 Å². The van der Waals surface area contributed by atoms with Gasteiger partial charge in [-0.1, -0.05) is 12.1 Å². The van der Waals surface area contributed by atoms with E-state index in [0.29, 0.717) is 19.5 Å². The number of benzene rings is 2. The van der Waals surface area contributed by atoms with Crippen LogP contribution in [0.2, 0.25) is 0 Å². The van der Waals surface area contributed by atoms with Crippen LogP contribution in [-0.4, -0.2) is 46.2 Å². The van der Waals surface area contributed by atoms with Crippen LogP contribution in [0.25, 0.3) is 0 Å². The number of hydrogen-bond donors (Lipinski definition) is 2. The van der Waals surface area contributed by atoms with Gasteiger partial charge in [0.15, 0.2) is 5.96 Å². The lowest BCUT2D eigenvalue weighted by Crippen LogP contribution is -2.37. The highest BCUT2D eigenvalue weighted by Crippen LogP contribution is 2.24. The first-order chi connectivity index (χ1) is 14.6. The lowest BCUT2D eigenvalue weighted by molar-refractivity contribution is -0.117. The van der Waals surface area contributed by atoms with Gasteiger partial charge in [0, 0.05) is 38.8 Å². The Balaban J connectivity index is 1.49. The third kappa shape index (κ3) is 5.43. The summed E-state index contributed by atoms with van der Waals surface area (Å²) >= 11 is 0. The molecule has 7 heteroatoms. The Labute approximate surface area is 178 Å². The summed E-state index contributed by atoms with van der Waals surface area (Å²) < 4.78 is 10.7. The van der Waals surface area contributed by atoms with E-state index in [1.807, 2.05) is 47.4 Å². The lowest BCUT2D eigenvalue weighted by atomic mass is 10.1. The van der Waals surface area contributed by atoms with E-state index in [1.54, 1.807) is 21.3 Å². The van der Waals surface area contributed by atoms with E-state index >= 15 is 0 Å². The van der Waals surface area contributed by atoms with Gasteiger partial charge in [0.1, 0.15) is 11.5 Å². The molecule has 1 amide bonds. The van der Waals surface area contributed by atoms with Gasteiger partial charge in [-0.3, -0.25) is 9.79 Å². The average molecular weight is 411 g/mol. The standard InChI is InChI=1S/C23H30N4O3/c1-24-23(25-13-12-18-15-20(29-2)10-11-21(18)30-3)26-16-17-6-8-19(9-7-17)27-14-4-5-22(27)28/h6-11,15H,4-5,12-14,16H2,1-3H3,(H2,24,25,26). The average Bonchev–Trinajstić information content (AvgIpc) is 3.22. The Hall–Kier alpha value is -3.22. The van der Waals surface area contributed by atoms with Crippen molar-refractivity contribution in [3.63, 3.8) is 0 Å². The van der Waals surface area contributed by atoms with Crippen molar-refractivity contribution in [1.82, 2.24) is 10.6 Å². The molecule has 0 aromatic heterocycles. The highest BCUT2D eigenvalue weighted by atomic mass is 16.5. The normalized spacial score (nSPS) is 14.0. The number of nitrogens with one attached hydrogen (secondary N) is 2. The number of ether oxygens (including phenoxy) is 2. The molecule has 0 radical (unpaired) electrons. The van der Waals surface area contributed by atoms with E-state index in [4.69, 9.17) is 9.47 Å². The van der Waals surface area contributed by atoms with Crippen LogP contribution in [0.5, 0.6) is 11.5 Å². The Kier molecular flexibility index (Phi) is 7.54. The summed E-state index contributed by atoms with van der Waals surface area (Å²) in [6, 6.07) is 13.9. The van der Waals surface area contributed by atoms with Crippen molar-refractivity contribution in [3.8, 4) is 11.5 Å². The second-order valence-corrected chi connectivity index (χ2v) is 7.10. The van der Waals surface area contributed by atoms with Gasteiger partial charge < -0.3 is 25.0 Å². The van der Waals surface area contributed by atoms with Crippen LogP contribution in [0, 0.1) is 0 Å². The predicted molar refractivity (Wildman–Crippen MR) is 119 cm³/mol. The van der Waals surface area contributed by atoms with E-state index in [9.17, 15) is 4.79 Å². The fourth-order valence-electron chi connectivity index (χ4n) is 3.51. The summed E-state index contributed by atoms with van der Waals surface area (Å²) in [7, 11) is 5.08. The van der Waals surface area contributed by atoms with Gasteiger partial charge in [-0.2, -0.15) is 0 Å². The third-order valence-corrected chi connectivity index (χ3v) is 5.18. The number of guanidine groups is 1. The topological polar surface area (TPSA) is 75.2 Å². The predicted octanol–water partition coefficient (Wildman–Crippen LogP) is 2.74. The zero-order valence-electron chi connectivity index (χ0n) is 17.9. The molecule has 30 heavy (non-hydrogen) atoms. The number of carbonyl (C=O) groups excluding carboxylic acids is 1.